The molecule has 1 amide bonds. The number of aryl methyl sites for hydroxylation is 2. The van der Waals surface area contributed by atoms with Crippen LogP contribution in [0.2, 0.25) is 0 Å². The van der Waals surface area contributed by atoms with Crippen LogP contribution in [-0.4, -0.2) is 69.6 Å². The molecular formula is C26H32N2O10S2. The number of esters is 2. The molecule has 0 radical (unpaired) electrons. The predicted molar refractivity (Wildman–Crippen MR) is 142 cm³/mol. The van der Waals surface area contributed by atoms with E-state index < -0.39 is 68.5 Å². The first-order valence-corrected chi connectivity index (χ1v) is 15.2. The first-order chi connectivity index (χ1) is 18.5. The molecule has 14 heteroatoms. The van der Waals surface area contributed by atoms with Gasteiger partial charge in [0, 0.05) is 20.8 Å². The van der Waals surface area contributed by atoms with Crippen LogP contribution in [0.3, 0.4) is 0 Å². The van der Waals surface area contributed by atoms with Crippen molar-refractivity contribution in [1.29, 1.82) is 0 Å². The maximum Gasteiger partial charge on any atom is 0.303 e. The van der Waals surface area contributed by atoms with Gasteiger partial charge >= 0.3 is 11.9 Å². The summed E-state index contributed by atoms with van der Waals surface area (Å²) in [4.78, 5) is 36.8. The van der Waals surface area contributed by atoms with Crippen LogP contribution in [0.5, 0.6) is 0 Å². The molecule has 0 unspecified atom stereocenters. The maximum absolute atomic E-state index is 13.9. The van der Waals surface area contributed by atoms with E-state index in [0.29, 0.717) is 4.31 Å². The minimum atomic E-state index is -4.68. The molecule has 12 nitrogen and oxygen atoms in total. The fourth-order valence-electron chi connectivity index (χ4n) is 4.36. The first kappa shape index (κ1) is 31.2. The molecule has 3 rings (SSSR count). The number of ether oxygens (including phenoxy) is 3. The Morgan fingerprint density at radius 1 is 0.775 bits per heavy atom. The van der Waals surface area contributed by atoms with Crippen LogP contribution >= 0.6 is 0 Å². The van der Waals surface area contributed by atoms with E-state index >= 15 is 0 Å². The summed E-state index contributed by atoms with van der Waals surface area (Å²) < 4.78 is 73.8. The van der Waals surface area contributed by atoms with E-state index in [4.69, 9.17) is 14.2 Å². The number of nitrogens with one attached hydrogen (secondary N) is 1. The van der Waals surface area contributed by atoms with Crippen molar-refractivity contribution in [3.8, 4) is 0 Å². The van der Waals surface area contributed by atoms with Gasteiger partial charge in [-0.25, -0.2) is 21.1 Å². The molecule has 40 heavy (non-hydrogen) atoms. The summed E-state index contributed by atoms with van der Waals surface area (Å²) in [7, 11) is -9.03. The van der Waals surface area contributed by atoms with Crippen molar-refractivity contribution in [1.82, 2.24) is 9.03 Å². The van der Waals surface area contributed by atoms with Gasteiger partial charge in [0.05, 0.1) is 15.9 Å². The largest absolute Gasteiger partial charge is 0.456 e. The highest BCUT2D eigenvalue weighted by Gasteiger charge is 2.55. The monoisotopic (exact) mass is 596 g/mol. The van der Waals surface area contributed by atoms with Crippen LogP contribution in [0, 0.1) is 13.8 Å². The van der Waals surface area contributed by atoms with Crippen LogP contribution in [0.15, 0.2) is 58.3 Å². The van der Waals surface area contributed by atoms with E-state index in [0.717, 1.165) is 31.9 Å². The van der Waals surface area contributed by atoms with Gasteiger partial charge in [-0.3, -0.25) is 14.4 Å². The van der Waals surface area contributed by atoms with E-state index in [-0.39, 0.29) is 9.79 Å². The Labute approximate surface area is 233 Å². The maximum atomic E-state index is 13.9. The lowest BCUT2D eigenvalue weighted by molar-refractivity contribution is -0.221. The summed E-state index contributed by atoms with van der Waals surface area (Å²) in [5, 5.41) is 0. The van der Waals surface area contributed by atoms with Gasteiger partial charge in [-0.05, 0) is 45.0 Å². The lowest BCUT2D eigenvalue weighted by atomic mass is 9.96. The van der Waals surface area contributed by atoms with Gasteiger partial charge in [0.1, 0.15) is 12.3 Å². The zero-order chi connectivity index (χ0) is 30.0. The molecule has 2 aromatic rings. The summed E-state index contributed by atoms with van der Waals surface area (Å²) in [6, 6.07) is 9.61. The van der Waals surface area contributed by atoms with Gasteiger partial charge in [-0.1, -0.05) is 35.4 Å². The van der Waals surface area contributed by atoms with Crippen molar-refractivity contribution in [3.63, 3.8) is 0 Å². The Balaban J connectivity index is 2.23. The first-order valence-electron chi connectivity index (χ1n) is 12.2. The average molecular weight is 597 g/mol. The van der Waals surface area contributed by atoms with E-state index in [2.05, 4.69) is 4.72 Å². The third-order valence-corrected chi connectivity index (χ3v) is 9.48. The number of hydrogen-bond donors (Lipinski definition) is 1. The second-order valence-electron chi connectivity index (χ2n) is 9.47. The van der Waals surface area contributed by atoms with Crippen LogP contribution in [0.4, 0.5) is 0 Å². The smallest absolute Gasteiger partial charge is 0.303 e. The minimum Gasteiger partial charge on any atom is -0.456 e. The normalized spacial score (nSPS) is 23.2. The summed E-state index contributed by atoms with van der Waals surface area (Å²) in [5.74, 6) is -2.72. The second-order valence-corrected chi connectivity index (χ2v) is 13.0. The Morgan fingerprint density at radius 3 is 1.68 bits per heavy atom. The van der Waals surface area contributed by atoms with Gasteiger partial charge in [-0.15, -0.1) is 0 Å². The summed E-state index contributed by atoms with van der Waals surface area (Å²) in [5.41, 5.74) is 1.55. The lowest BCUT2D eigenvalue weighted by Crippen LogP contribution is -2.69. The van der Waals surface area contributed by atoms with Crippen LogP contribution in [0.1, 0.15) is 38.8 Å². The van der Waals surface area contributed by atoms with Crippen molar-refractivity contribution in [2.75, 3.05) is 0 Å². The topological polar surface area (TPSA) is 162 Å². The summed E-state index contributed by atoms with van der Waals surface area (Å²) >= 11 is 0. The number of rotatable bonds is 8. The Bertz CT molecular complexity index is 1470. The number of nitrogens with zero attached hydrogens (tertiary/aromatic N) is 1. The fraction of sp³-hybridized carbons (Fsp3) is 0.423. The number of carbonyl (C=O) groups excluding carboxylic acids is 3. The molecule has 0 aliphatic carbocycles. The van der Waals surface area contributed by atoms with E-state index in [9.17, 15) is 31.2 Å². The number of carbonyl (C=O) groups is 3. The molecule has 2 aromatic carbocycles. The fourth-order valence-corrected chi connectivity index (χ4v) is 7.09. The minimum absolute atomic E-state index is 0.157. The molecular weight excluding hydrogens is 564 g/mol. The number of amides is 1. The van der Waals surface area contributed by atoms with Gasteiger partial charge in [0.15, 0.2) is 12.2 Å². The quantitative estimate of drug-likeness (QED) is 0.445. The molecule has 5 atom stereocenters. The molecule has 1 N–H and O–H groups in total. The standard InChI is InChI=1S/C26H32N2O10S2/c1-15-7-11-21(12-8-15)39(32,33)27-26-23(25(38-20(6)31)24(17(3)36-26)37-19(5)30)28(18(4)29)40(34,35)22-13-9-16(2)10-14-22/h7-14,17,23-27H,1-6H3/t17-,23-,24-,25-,26-/m1/s1. The third-order valence-electron chi connectivity index (χ3n) is 6.16. The highest BCUT2D eigenvalue weighted by Crippen LogP contribution is 2.33. The van der Waals surface area contributed by atoms with E-state index in [1.54, 1.807) is 26.0 Å². The van der Waals surface area contributed by atoms with Crippen molar-refractivity contribution in [2.24, 2.45) is 0 Å². The average Bonchev–Trinajstić information content (AvgIpc) is 2.83. The van der Waals surface area contributed by atoms with Gasteiger partial charge in [0.2, 0.25) is 15.9 Å². The van der Waals surface area contributed by atoms with Crippen molar-refractivity contribution in [3.05, 3.63) is 59.7 Å². The third kappa shape index (κ3) is 6.86. The second kappa shape index (κ2) is 12.0. The Hall–Kier alpha value is -3.33. The molecule has 1 aliphatic rings. The van der Waals surface area contributed by atoms with Crippen molar-refractivity contribution >= 4 is 37.9 Å². The van der Waals surface area contributed by atoms with Crippen LogP contribution in [-0.2, 0) is 48.6 Å². The molecule has 1 fully saturated rings. The lowest BCUT2D eigenvalue weighted by Gasteiger charge is -2.47. The molecule has 1 saturated heterocycles. The number of benzene rings is 2. The molecule has 0 aromatic heterocycles. The predicted octanol–water partition coefficient (Wildman–Crippen LogP) is 1.80. The Morgan fingerprint density at radius 2 is 1.23 bits per heavy atom. The molecule has 1 heterocycles. The van der Waals surface area contributed by atoms with E-state index in [1.165, 1.54) is 43.3 Å². The van der Waals surface area contributed by atoms with Gasteiger partial charge in [0.25, 0.3) is 10.0 Å². The highest BCUT2D eigenvalue weighted by atomic mass is 32.2. The molecule has 0 saturated carbocycles. The van der Waals surface area contributed by atoms with Crippen LogP contribution in [0.25, 0.3) is 0 Å². The Kier molecular flexibility index (Phi) is 9.39. The molecule has 1 aliphatic heterocycles. The van der Waals surface area contributed by atoms with Crippen LogP contribution < -0.4 is 4.72 Å². The molecule has 0 spiro atoms. The zero-order valence-corrected chi connectivity index (χ0v) is 24.5. The number of hydrogen-bond acceptors (Lipinski definition) is 10. The van der Waals surface area contributed by atoms with Crippen molar-refractivity contribution in [2.45, 2.75) is 81.9 Å². The molecule has 0 bridgehead atoms. The number of sulfonamides is 2. The molecule has 218 valence electrons. The van der Waals surface area contributed by atoms with E-state index in [1.807, 2.05) is 0 Å². The summed E-state index contributed by atoms with van der Waals surface area (Å²) in [6.45, 7) is 8.03. The summed E-state index contributed by atoms with van der Waals surface area (Å²) in [6.07, 6.45) is -5.87. The van der Waals surface area contributed by atoms with Gasteiger partial charge in [-0.2, -0.15) is 4.72 Å². The highest BCUT2D eigenvalue weighted by molar-refractivity contribution is 7.90. The zero-order valence-electron chi connectivity index (χ0n) is 22.9. The van der Waals surface area contributed by atoms with Gasteiger partial charge < -0.3 is 14.2 Å². The SMILES string of the molecule is CC(=O)O[C@H]1[C@H](OC(C)=O)[C@@H](C)O[C@@H](NS(=O)(=O)c2ccc(C)cc2)[C@@H]1N(C(C)=O)S(=O)(=O)c1ccc(C)cc1. The van der Waals surface area contributed by atoms with Crippen molar-refractivity contribution < 1.29 is 45.4 Å².